The van der Waals surface area contributed by atoms with Crippen molar-refractivity contribution in [1.82, 2.24) is 9.47 Å². The lowest BCUT2D eigenvalue weighted by molar-refractivity contribution is 0.178. The lowest BCUT2D eigenvalue weighted by Crippen LogP contribution is -2.39. The average molecular weight is 391 g/mol. The standard InChI is InChI=1S/C21H27ClN2O3/c1-15-14-18(25)19(21(26)24(15)12-13-27-2)20(23-10-6-3-7-11-23)16-8-4-5-9-17(16)22/h4-5,8-9,14,20,25H,3,6-7,10-13H2,1-2H3/t20-/m0/s1. The SMILES string of the molecule is COCCn1c(C)cc(O)c([C@H](c2ccccc2Cl)N2CCCCC2)c1=O. The van der Waals surface area contributed by atoms with Crippen LogP contribution in [0.5, 0.6) is 5.75 Å². The van der Waals surface area contributed by atoms with Crippen molar-refractivity contribution in [3.05, 3.63) is 62.5 Å². The molecule has 0 spiro atoms. The number of halogens is 1. The molecule has 2 heterocycles. The van der Waals surface area contributed by atoms with Crippen molar-refractivity contribution in [2.45, 2.75) is 38.8 Å². The number of pyridine rings is 1. The average Bonchev–Trinajstić information content (AvgIpc) is 2.66. The van der Waals surface area contributed by atoms with Crippen LogP contribution in [0, 0.1) is 6.92 Å². The van der Waals surface area contributed by atoms with Crippen LogP contribution < -0.4 is 5.56 Å². The molecule has 0 saturated carbocycles. The zero-order chi connectivity index (χ0) is 19.4. The smallest absolute Gasteiger partial charge is 0.259 e. The van der Waals surface area contributed by atoms with Gasteiger partial charge in [0.05, 0.1) is 18.2 Å². The van der Waals surface area contributed by atoms with Gasteiger partial charge in [-0.1, -0.05) is 36.2 Å². The predicted octanol–water partition coefficient (Wildman–Crippen LogP) is 3.74. The zero-order valence-electron chi connectivity index (χ0n) is 15.9. The highest BCUT2D eigenvalue weighted by Crippen LogP contribution is 2.37. The molecular formula is C21H27ClN2O3. The summed E-state index contributed by atoms with van der Waals surface area (Å²) < 4.78 is 6.83. The summed E-state index contributed by atoms with van der Waals surface area (Å²) in [4.78, 5) is 15.6. The summed E-state index contributed by atoms with van der Waals surface area (Å²) in [7, 11) is 1.61. The molecule has 6 heteroatoms. The molecule has 1 atom stereocenters. The number of nitrogens with zero attached hydrogens (tertiary/aromatic N) is 2. The number of piperidine rings is 1. The molecule has 1 aliphatic heterocycles. The molecule has 5 nitrogen and oxygen atoms in total. The summed E-state index contributed by atoms with van der Waals surface area (Å²) in [5.74, 6) is 0.0293. The molecule has 1 N–H and O–H groups in total. The van der Waals surface area contributed by atoms with E-state index in [4.69, 9.17) is 16.3 Å². The maximum Gasteiger partial charge on any atom is 0.259 e. The number of aromatic hydroxyl groups is 1. The third-order valence-electron chi connectivity index (χ3n) is 5.27. The Hall–Kier alpha value is -1.82. The molecule has 0 amide bonds. The molecule has 0 unspecified atom stereocenters. The topological polar surface area (TPSA) is 54.7 Å². The van der Waals surface area contributed by atoms with Gasteiger partial charge in [0.1, 0.15) is 5.75 Å². The number of ether oxygens (including phenoxy) is 1. The summed E-state index contributed by atoms with van der Waals surface area (Å²) in [5, 5.41) is 11.4. The second-order valence-electron chi connectivity index (χ2n) is 7.05. The lowest BCUT2D eigenvalue weighted by atomic mass is 9.94. The van der Waals surface area contributed by atoms with E-state index < -0.39 is 0 Å². The number of likely N-dealkylation sites (tertiary alicyclic amines) is 1. The molecule has 1 fully saturated rings. The van der Waals surface area contributed by atoms with Crippen molar-refractivity contribution in [2.24, 2.45) is 0 Å². The minimum absolute atomic E-state index is 0.0293. The highest BCUT2D eigenvalue weighted by atomic mass is 35.5. The maximum atomic E-state index is 13.4. The van der Waals surface area contributed by atoms with Crippen molar-refractivity contribution in [3.63, 3.8) is 0 Å². The summed E-state index contributed by atoms with van der Waals surface area (Å²) in [5.41, 5.74) is 1.79. The van der Waals surface area contributed by atoms with E-state index in [1.165, 1.54) is 6.42 Å². The molecular weight excluding hydrogens is 364 g/mol. The van der Waals surface area contributed by atoms with Gasteiger partial charge >= 0.3 is 0 Å². The van der Waals surface area contributed by atoms with Gasteiger partial charge < -0.3 is 14.4 Å². The molecule has 1 aromatic carbocycles. The zero-order valence-corrected chi connectivity index (χ0v) is 16.7. The van der Waals surface area contributed by atoms with Gasteiger partial charge in [-0.05, 0) is 50.6 Å². The van der Waals surface area contributed by atoms with E-state index in [2.05, 4.69) is 4.90 Å². The molecule has 1 aliphatic rings. The van der Waals surface area contributed by atoms with Crippen LogP contribution in [0.2, 0.25) is 5.02 Å². The highest BCUT2D eigenvalue weighted by Gasteiger charge is 2.31. The Morgan fingerprint density at radius 1 is 1.22 bits per heavy atom. The first-order valence-electron chi connectivity index (χ1n) is 9.45. The lowest BCUT2D eigenvalue weighted by Gasteiger charge is -2.35. The highest BCUT2D eigenvalue weighted by molar-refractivity contribution is 6.31. The van der Waals surface area contributed by atoms with Crippen LogP contribution in [0.4, 0.5) is 0 Å². The van der Waals surface area contributed by atoms with E-state index in [1.54, 1.807) is 17.7 Å². The van der Waals surface area contributed by atoms with E-state index in [0.29, 0.717) is 23.7 Å². The van der Waals surface area contributed by atoms with E-state index in [1.807, 2.05) is 31.2 Å². The number of hydrogen-bond acceptors (Lipinski definition) is 4. The van der Waals surface area contributed by atoms with E-state index in [9.17, 15) is 9.90 Å². The molecule has 2 aromatic rings. The Balaban J connectivity index is 2.17. The summed E-state index contributed by atoms with van der Waals surface area (Å²) >= 11 is 6.51. The Kier molecular flexibility index (Phi) is 6.58. The second kappa shape index (κ2) is 8.91. The summed E-state index contributed by atoms with van der Waals surface area (Å²) in [6, 6.07) is 8.89. The Morgan fingerprint density at radius 3 is 2.59 bits per heavy atom. The minimum atomic E-state index is -0.360. The monoisotopic (exact) mass is 390 g/mol. The van der Waals surface area contributed by atoms with Crippen molar-refractivity contribution in [3.8, 4) is 5.75 Å². The Morgan fingerprint density at radius 2 is 1.93 bits per heavy atom. The van der Waals surface area contributed by atoms with Crippen molar-refractivity contribution in [1.29, 1.82) is 0 Å². The molecule has 0 radical (unpaired) electrons. The first kappa shape index (κ1) is 19.9. The molecule has 146 valence electrons. The van der Waals surface area contributed by atoms with Crippen LogP contribution in [0.1, 0.15) is 42.1 Å². The summed E-state index contributed by atoms with van der Waals surface area (Å²) in [6.07, 6.45) is 3.33. The Labute approximate surface area is 165 Å². The number of hydrogen-bond donors (Lipinski definition) is 1. The number of aromatic nitrogens is 1. The first-order chi connectivity index (χ1) is 13.0. The third kappa shape index (κ3) is 4.21. The van der Waals surface area contributed by atoms with Gasteiger partial charge in [0, 0.05) is 24.4 Å². The Bertz CT molecular complexity index is 844. The van der Waals surface area contributed by atoms with Gasteiger partial charge in [-0.15, -0.1) is 0 Å². The van der Waals surface area contributed by atoms with Crippen molar-refractivity contribution in [2.75, 3.05) is 26.8 Å². The van der Waals surface area contributed by atoms with Gasteiger partial charge in [-0.3, -0.25) is 9.69 Å². The van der Waals surface area contributed by atoms with Crippen LogP contribution in [0.25, 0.3) is 0 Å². The van der Waals surface area contributed by atoms with Gasteiger partial charge in [-0.2, -0.15) is 0 Å². The van der Waals surface area contributed by atoms with E-state index in [-0.39, 0.29) is 17.4 Å². The van der Waals surface area contributed by atoms with E-state index in [0.717, 1.165) is 37.2 Å². The summed E-state index contributed by atoms with van der Waals surface area (Å²) in [6.45, 7) is 4.46. The maximum absolute atomic E-state index is 13.4. The molecule has 0 aliphatic carbocycles. The van der Waals surface area contributed by atoms with Gasteiger partial charge in [0.2, 0.25) is 0 Å². The van der Waals surface area contributed by atoms with Gasteiger partial charge in [0.25, 0.3) is 5.56 Å². The van der Waals surface area contributed by atoms with Crippen molar-refractivity contribution >= 4 is 11.6 Å². The van der Waals surface area contributed by atoms with E-state index >= 15 is 0 Å². The molecule has 1 saturated heterocycles. The van der Waals surface area contributed by atoms with Crippen LogP contribution >= 0.6 is 11.6 Å². The molecule has 27 heavy (non-hydrogen) atoms. The van der Waals surface area contributed by atoms with Crippen LogP contribution in [-0.4, -0.2) is 41.4 Å². The number of benzene rings is 1. The van der Waals surface area contributed by atoms with Crippen LogP contribution in [-0.2, 0) is 11.3 Å². The third-order valence-corrected chi connectivity index (χ3v) is 5.62. The molecule has 1 aromatic heterocycles. The number of methoxy groups -OCH3 is 1. The quantitative estimate of drug-likeness (QED) is 0.816. The largest absolute Gasteiger partial charge is 0.507 e. The van der Waals surface area contributed by atoms with Crippen molar-refractivity contribution < 1.29 is 9.84 Å². The van der Waals surface area contributed by atoms with Gasteiger partial charge in [-0.25, -0.2) is 0 Å². The van der Waals surface area contributed by atoms with Crippen LogP contribution in [0.15, 0.2) is 35.1 Å². The minimum Gasteiger partial charge on any atom is -0.507 e. The fourth-order valence-corrected chi connectivity index (χ4v) is 4.13. The fraction of sp³-hybridized carbons (Fsp3) is 0.476. The number of rotatable bonds is 6. The van der Waals surface area contributed by atoms with Crippen LogP contribution in [0.3, 0.4) is 0 Å². The molecule has 0 bridgehead atoms. The number of aryl methyl sites for hydroxylation is 1. The fourth-order valence-electron chi connectivity index (χ4n) is 3.89. The second-order valence-corrected chi connectivity index (χ2v) is 7.46. The normalized spacial score (nSPS) is 16.4. The molecule has 3 rings (SSSR count). The van der Waals surface area contributed by atoms with Gasteiger partial charge in [0.15, 0.2) is 0 Å². The predicted molar refractivity (Wildman–Crippen MR) is 108 cm³/mol. The first-order valence-corrected chi connectivity index (χ1v) is 9.83.